The molecule has 2 fully saturated rings. The molecule has 2 aliphatic rings. The molecule has 1 aromatic heterocycles. The van der Waals surface area contributed by atoms with Crippen LogP contribution >= 0.6 is 0 Å². The van der Waals surface area contributed by atoms with E-state index in [1.54, 1.807) is 17.0 Å². The van der Waals surface area contributed by atoms with E-state index in [0.29, 0.717) is 38.1 Å². The number of rotatable bonds is 9. The Balaban J connectivity index is 1.28. The van der Waals surface area contributed by atoms with Crippen molar-refractivity contribution in [1.82, 2.24) is 14.9 Å². The molecule has 11 heteroatoms. The van der Waals surface area contributed by atoms with Crippen LogP contribution in [0.15, 0.2) is 30.6 Å². The van der Waals surface area contributed by atoms with Crippen molar-refractivity contribution in [2.24, 2.45) is 11.7 Å². The first-order valence-corrected chi connectivity index (χ1v) is 11.5. The Kier molecular flexibility index (Phi) is 7.25. The summed E-state index contributed by atoms with van der Waals surface area (Å²) in [6, 6.07) is 4.88. The standard InChI is InChI=1S/C24H28FN5O5/c25-21-16(14-34-20(31)10-19(26)27)2-1-3-18(21)17-11-28-23(29-12-17)35-13-15-4-8-30(9-5-15)22(32)24(33)6-7-24/h1-3,11-12,15,33H,4-10,13-14H2,(H3,26,27). The number of ether oxygens (including phenoxy) is 2. The molecule has 186 valence electrons. The number of carbonyl (C=O) groups is 2. The number of nitrogens with two attached hydrogens (primary N) is 1. The van der Waals surface area contributed by atoms with Gasteiger partial charge < -0.3 is 25.2 Å². The maximum absolute atomic E-state index is 14.9. The second kappa shape index (κ2) is 10.3. The highest BCUT2D eigenvalue weighted by atomic mass is 19.1. The van der Waals surface area contributed by atoms with E-state index in [1.165, 1.54) is 18.5 Å². The molecule has 1 saturated carbocycles. The molecular weight excluding hydrogens is 457 g/mol. The van der Waals surface area contributed by atoms with Gasteiger partial charge in [-0.05, 0) is 31.6 Å². The summed E-state index contributed by atoms with van der Waals surface area (Å²) in [4.78, 5) is 33.9. The Hall–Kier alpha value is -3.60. The van der Waals surface area contributed by atoms with E-state index >= 15 is 0 Å². The molecule has 1 aliphatic heterocycles. The smallest absolute Gasteiger partial charge is 0.316 e. The second-order valence-electron chi connectivity index (χ2n) is 8.97. The van der Waals surface area contributed by atoms with E-state index in [0.717, 1.165) is 12.8 Å². The molecule has 4 N–H and O–H groups in total. The van der Waals surface area contributed by atoms with Crippen molar-refractivity contribution in [2.75, 3.05) is 19.7 Å². The van der Waals surface area contributed by atoms with Crippen molar-refractivity contribution >= 4 is 17.7 Å². The van der Waals surface area contributed by atoms with Crippen molar-refractivity contribution in [1.29, 1.82) is 5.41 Å². The van der Waals surface area contributed by atoms with Crippen molar-refractivity contribution in [2.45, 2.75) is 44.3 Å². The van der Waals surface area contributed by atoms with E-state index in [4.69, 9.17) is 20.6 Å². The molecule has 1 aromatic carbocycles. The van der Waals surface area contributed by atoms with Gasteiger partial charge in [-0.15, -0.1) is 0 Å². The molecular formula is C24H28FN5O5. The summed E-state index contributed by atoms with van der Waals surface area (Å²) in [5, 5.41) is 17.1. The average molecular weight is 486 g/mol. The third-order valence-electron chi connectivity index (χ3n) is 6.21. The van der Waals surface area contributed by atoms with Crippen molar-refractivity contribution in [3.05, 3.63) is 42.0 Å². The molecule has 2 heterocycles. The van der Waals surface area contributed by atoms with E-state index in [1.807, 2.05) is 0 Å². The zero-order valence-electron chi connectivity index (χ0n) is 19.2. The molecule has 0 atom stereocenters. The van der Waals surface area contributed by atoms with Crippen molar-refractivity contribution < 1.29 is 28.6 Å². The van der Waals surface area contributed by atoms with Gasteiger partial charge in [0.25, 0.3) is 5.91 Å². The van der Waals surface area contributed by atoms with Crippen molar-refractivity contribution in [3.8, 4) is 17.1 Å². The van der Waals surface area contributed by atoms with Gasteiger partial charge in [0, 0.05) is 42.2 Å². The molecule has 10 nitrogen and oxygen atoms in total. The quantitative estimate of drug-likeness (QED) is 0.276. The number of amides is 1. The summed E-state index contributed by atoms with van der Waals surface area (Å²) in [7, 11) is 0. The number of halogens is 1. The van der Waals surface area contributed by atoms with E-state index < -0.39 is 17.4 Å². The second-order valence-corrected chi connectivity index (χ2v) is 8.97. The van der Waals surface area contributed by atoms with Gasteiger partial charge in [0.1, 0.15) is 30.3 Å². The number of piperidine rings is 1. The fraction of sp³-hybridized carbons (Fsp3) is 0.458. The summed E-state index contributed by atoms with van der Waals surface area (Å²) in [6.07, 6.45) is 5.21. The molecule has 1 saturated heterocycles. The van der Waals surface area contributed by atoms with Crippen LogP contribution in [0, 0.1) is 17.1 Å². The van der Waals surface area contributed by atoms with Gasteiger partial charge in [-0.2, -0.15) is 0 Å². The topological polar surface area (TPSA) is 152 Å². The van der Waals surface area contributed by atoms with Gasteiger partial charge in [-0.3, -0.25) is 15.0 Å². The molecule has 1 amide bonds. The normalized spacial score (nSPS) is 17.0. The van der Waals surface area contributed by atoms with Gasteiger partial charge in [0.05, 0.1) is 6.61 Å². The molecule has 0 unspecified atom stereocenters. The highest BCUT2D eigenvalue weighted by molar-refractivity contribution is 5.94. The van der Waals surface area contributed by atoms with Gasteiger partial charge in [-0.25, -0.2) is 14.4 Å². The number of amidine groups is 1. The van der Waals surface area contributed by atoms with E-state index in [9.17, 15) is 19.1 Å². The molecule has 2 aromatic rings. The van der Waals surface area contributed by atoms with E-state index in [-0.39, 0.29) is 47.8 Å². The molecule has 35 heavy (non-hydrogen) atoms. The van der Waals surface area contributed by atoms with Gasteiger partial charge in [0.15, 0.2) is 0 Å². The SMILES string of the molecule is N=C(N)CC(=O)OCc1cccc(-c2cnc(OCC3CCN(C(=O)C4(O)CC4)CC3)nc2)c1F. The van der Waals surface area contributed by atoms with Crippen LogP contribution in [0.3, 0.4) is 0 Å². The number of aliphatic hydroxyl groups is 1. The lowest BCUT2D eigenvalue weighted by molar-refractivity contribution is -0.144. The lowest BCUT2D eigenvalue weighted by atomic mass is 9.97. The Morgan fingerprint density at radius 3 is 2.54 bits per heavy atom. The largest absolute Gasteiger partial charge is 0.463 e. The minimum absolute atomic E-state index is 0.165. The molecule has 1 aliphatic carbocycles. The maximum atomic E-state index is 14.9. The van der Waals surface area contributed by atoms with Crippen LogP contribution in [0.1, 0.15) is 37.7 Å². The third-order valence-corrected chi connectivity index (χ3v) is 6.21. The first-order valence-electron chi connectivity index (χ1n) is 11.5. The summed E-state index contributed by atoms with van der Waals surface area (Å²) >= 11 is 0. The minimum atomic E-state index is -1.13. The number of benzene rings is 1. The van der Waals surface area contributed by atoms with E-state index in [2.05, 4.69) is 9.97 Å². The minimum Gasteiger partial charge on any atom is -0.463 e. The molecule has 0 bridgehead atoms. The third kappa shape index (κ3) is 6.10. The van der Waals surface area contributed by atoms with Crippen LogP contribution in [0.25, 0.3) is 11.1 Å². The summed E-state index contributed by atoms with van der Waals surface area (Å²) < 4.78 is 25.6. The van der Waals surface area contributed by atoms with Crippen LogP contribution in [-0.2, 0) is 20.9 Å². The summed E-state index contributed by atoms with van der Waals surface area (Å²) in [5.74, 6) is -1.50. The zero-order valence-corrected chi connectivity index (χ0v) is 19.2. The van der Waals surface area contributed by atoms with Gasteiger partial charge >= 0.3 is 12.0 Å². The number of hydrogen-bond donors (Lipinski definition) is 3. The van der Waals surface area contributed by atoms with Crippen LogP contribution < -0.4 is 10.5 Å². The van der Waals surface area contributed by atoms with Gasteiger partial charge in [-0.1, -0.05) is 18.2 Å². The van der Waals surface area contributed by atoms with Crippen LogP contribution in [0.5, 0.6) is 6.01 Å². The Labute approximate surface area is 201 Å². The maximum Gasteiger partial charge on any atom is 0.316 e. The number of nitrogens with one attached hydrogen (secondary N) is 1. The van der Waals surface area contributed by atoms with Gasteiger partial charge in [0.2, 0.25) is 0 Å². The Bertz CT molecular complexity index is 1100. The summed E-state index contributed by atoms with van der Waals surface area (Å²) in [5.41, 5.74) is 4.91. The number of hydrogen-bond acceptors (Lipinski definition) is 8. The first kappa shape index (κ1) is 24.5. The zero-order chi connectivity index (χ0) is 25.0. The molecule has 0 spiro atoms. The predicted molar refractivity (Wildman–Crippen MR) is 123 cm³/mol. The molecule has 0 radical (unpaired) electrons. The Morgan fingerprint density at radius 2 is 1.91 bits per heavy atom. The van der Waals surface area contributed by atoms with Crippen molar-refractivity contribution in [3.63, 3.8) is 0 Å². The number of nitrogens with zero attached hydrogens (tertiary/aromatic N) is 3. The van der Waals surface area contributed by atoms with Crippen LogP contribution in [0.2, 0.25) is 0 Å². The molecule has 4 rings (SSSR count). The predicted octanol–water partition coefficient (Wildman–Crippen LogP) is 1.79. The number of likely N-dealkylation sites (tertiary alicyclic amines) is 1. The monoisotopic (exact) mass is 485 g/mol. The highest BCUT2D eigenvalue weighted by Crippen LogP contribution is 2.37. The average Bonchev–Trinajstić information content (AvgIpc) is 3.60. The fourth-order valence-electron chi connectivity index (χ4n) is 3.93. The summed E-state index contributed by atoms with van der Waals surface area (Å²) in [6.45, 7) is 1.31. The number of esters is 1. The van der Waals surface area contributed by atoms with Crippen LogP contribution in [0.4, 0.5) is 4.39 Å². The number of carbonyl (C=O) groups excluding carboxylic acids is 2. The van der Waals surface area contributed by atoms with Crippen LogP contribution in [-0.4, -0.2) is 63.0 Å². The fourth-order valence-corrected chi connectivity index (χ4v) is 3.93. The first-order chi connectivity index (χ1) is 16.7. The lowest BCUT2D eigenvalue weighted by Gasteiger charge is -2.33. The highest BCUT2D eigenvalue weighted by Gasteiger charge is 2.50. The lowest BCUT2D eigenvalue weighted by Crippen LogP contribution is -2.45. The number of aromatic nitrogens is 2. The Morgan fingerprint density at radius 1 is 1.23 bits per heavy atom.